The van der Waals surface area contributed by atoms with Crippen LogP contribution in [-0.2, 0) is 32.2 Å². The lowest BCUT2D eigenvalue weighted by Gasteiger charge is -2.08. The Morgan fingerprint density at radius 2 is 1.79 bits per heavy atom. The molecule has 0 saturated heterocycles. The molecule has 29 heavy (non-hydrogen) atoms. The molecule has 0 saturated carbocycles. The lowest BCUT2D eigenvalue weighted by Crippen LogP contribution is -2.18. The second kappa shape index (κ2) is 9.09. The molecule has 0 fully saturated rings. The molecule has 156 valence electrons. The quantitative estimate of drug-likeness (QED) is 0.549. The molecule has 1 heterocycles. The molecule has 1 N–H and O–H groups in total. The van der Waals surface area contributed by atoms with Crippen molar-refractivity contribution >= 4 is 38.1 Å². The molecule has 1 aliphatic carbocycles. The number of rotatable bonds is 6. The van der Waals surface area contributed by atoms with Crippen molar-refractivity contribution in [3.63, 3.8) is 0 Å². The Hall–Kier alpha value is -2.19. The Bertz CT molecular complexity index is 1010. The van der Waals surface area contributed by atoms with Gasteiger partial charge < -0.3 is 10.1 Å². The van der Waals surface area contributed by atoms with E-state index in [0.29, 0.717) is 10.6 Å². The van der Waals surface area contributed by atoms with E-state index in [0.717, 1.165) is 48.1 Å². The fourth-order valence-electron chi connectivity index (χ4n) is 3.43. The number of hydrogen-bond donors (Lipinski definition) is 1. The van der Waals surface area contributed by atoms with E-state index in [1.165, 1.54) is 18.4 Å². The minimum absolute atomic E-state index is 0.181. The van der Waals surface area contributed by atoms with Gasteiger partial charge in [-0.1, -0.05) is 24.1 Å². The van der Waals surface area contributed by atoms with Crippen LogP contribution in [0.5, 0.6) is 0 Å². The number of ether oxygens (including phenoxy) is 1. The first kappa shape index (κ1) is 21.5. The van der Waals surface area contributed by atoms with E-state index >= 15 is 0 Å². The van der Waals surface area contributed by atoms with Gasteiger partial charge in [-0.2, -0.15) is 0 Å². The maximum absolute atomic E-state index is 12.5. The third-order valence-corrected chi connectivity index (χ3v) is 7.98. The summed E-state index contributed by atoms with van der Waals surface area (Å²) in [4.78, 5) is 26.1. The molecule has 8 heteroatoms. The lowest BCUT2D eigenvalue weighted by molar-refractivity contribution is -0.115. The number of anilines is 1. The Morgan fingerprint density at radius 3 is 2.48 bits per heavy atom. The summed E-state index contributed by atoms with van der Waals surface area (Å²) in [6, 6.07) is 6.56. The van der Waals surface area contributed by atoms with E-state index in [9.17, 15) is 18.0 Å². The van der Waals surface area contributed by atoms with Crippen LogP contribution in [0.4, 0.5) is 5.00 Å². The summed E-state index contributed by atoms with van der Waals surface area (Å²) in [5.74, 6) is -1.19. The van der Waals surface area contributed by atoms with Crippen molar-refractivity contribution < 1.29 is 22.7 Å². The number of carbonyl (C=O) groups is 2. The average molecular weight is 436 g/mol. The van der Waals surface area contributed by atoms with Gasteiger partial charge in [0.15, 0.2) is 9.84 Å². The number of carbonyl (C=O) groups excluding carboxylic acids is 2. The van der Waals surface area contributed by atoms with Crippen molar-refractivity contribution in [2.24, 2.45) is 0 Å². The van der Waals surface area contributed by atoms with Gasteiger partial charge in [0, 0.05) is 11.3 Å². The monoisotopic (exact) mass is 435 g/mol. The smallest absolute Gasteiger partial charge is 0.341 e. The summed E-state index contributed by atoms with van der Waals surface area (Å²) in [5, 5.41) is 3.21. The molecule has 0 atom stereocenters. The van der Waals surface area contributed by atoms with Crippen LogP contribution in [0.15, 0.2) is 29.2 Å². The Balaban J connectivity index is 1.73. The van der Waals surface area contributed by atoms with Crippen molar-refractivity contribution in [3.8, 4) is 0 Å². The number of esters is 1. The highest BCUT2D eigenvalue weighted by atomic mass is 32.2. The molecule has 3 rings (SSSR count). The topological polar surface area (TPSA) is 89.5 Å². The molecule has 1 aromatic heterocycles. The van der Waals surface area contributed by atoms with Gasteiger partial charge in [-0.25, -0.2) is 13.2 Å². The largest absolute Gasteiger partial charge is 0.465 e. The van der Waals surface area contributed by atoms with Crippen molar-refractivity contribution in [1.82, 2.24) is 0 Å². The van der Waals surface area contributed by atoms with E-state index in [1.807, 2.05) is 6.92 Å². The van der Waals surface area contributed by atoms with Gasteiger partial charge in [0.1, 0.15) is 5.00 Å². The fraction of sp³-hybridized carbons (Fsp3) is 0.429. The van der Waals surface area contributed by atoms with Crippen LogP contribution in [0.3, 0.4) is 0 Å². The van der Waals surface area contributed by atoms with E-state index < -0.39 is 21.7 Å². The Labute approximate surface area is 175 Å². The number of fused-ring (bicyclic) bond motifs is 1. The van der Waals surface area contributed by atoms with E-state index in [1.54, 1.807) is 24.3 Å². The summed E-state index contributed by atoms with van der Waals surface area (Å²) >= 11 is 1.40. The molecule has 1 aliphatic rings. The Morgan fingerprint density at radius 1 is 1.10 bits per heavy atom. The van der Waals surface area contributed by atoms with Gasteiger partial charge in [0.2, 0.25) is 5.91 Å². The van der Waals surface area contributed by atoms with Gasteiger partial charge in [-0.05, 0) is 50.3 Å². The standard InChI is InChI=1S/C21H25NO5S2/c1-14-8-10-15(11-9-14)29(25,26)13-12-18(23)22-20-19(21(24)27-2)16-6-4-3-5-7-17(16)28-20/h8-11H,3-7,12-13H2,1-2H3,(H,22,23). The van der Waals surface area contributed by atoms with E-state index in [4.69, 9.17) is 4.74 Å². The van der Waals surface area contributed by atoms with Crippen LogP contribution in [0, 0.1) is 6.92 Å². The number of methoxy groups -OCH3 is 1. The number of thiophene rings is 1. The van der Waals surface area contributed by atoms with Crippen molar-refractivity contribution in [2.75, 3.05) is 18.2 Å². The zero-order valence-corrected chi connectivity index (χ0v) is 18.2. The predicted octanol–water partition coefficient (Wildman–Crippen LogP) is 3.91. The Kier molecular flexibility index (Phi) is 6.74. The van der Waals surface area contributed by atoms with Crippen molar-refractivity contribution in [2.45, 2.75) is 50.3 Å². The molecule has 0 aliphatic heterocycles. The van der Waals surface area contributed by atoms with Crippen LogP contribution in [0.2, 0.25) is 0 Å². The summed E-state index contributed by atoms with van der Waals surface area (Å²) in [5.41, 5.74) is 2.35. The second-order valence-corrected chi connectivity index (χ2v) is 10.4. The summed E-state index contributed by atoms with van der Waals surface area (Å²) in [6.07, 6.45) is 4.64. The summed E-state index contributed by atoms with van der Waals surface area (Å²) in [6.45, 7) is 1.88. The van der Waals surface area contributed by atoms with Gasteiger partial charge in [0.05, 0.1) is 23.3 Å². The van der Waals surface area contributed by atoms with Crippen molar-refractivity contribution in [3.05, 3.63) is 45.8 Å². The highest BCUT2D eigenvalue weighted by Crippen LogP contribution is 2.38. The first-order valence-electron chi connectivity index (χ1n) is 9.64. The molecular weight excluding hydrogens is 410 g/mol. The lowest BCUT2D eigenvalue weighted by atomic mass is 10.1. The zero-order chi connectivity index (χ0) is 21.0. The van der Waals surface area contributed by atoms with Crippen LogP contribution in [0.1, 0.15) is 52.0 Å². The predicted molar refractivity (Wildman–Crippen MR) is 113 cm³/mol. The normalized spacial score (nSPS) is 14.0. The van der Waals surface area contributed by atoms with Gasteiger partial charge in [-0.15, -0.1) is 11.3 Å². The molecule has 1 amide bonds. The van der Waals surface area contributed by atoms with Crippen LogP contribution in [0.25, 0.3) is 0 Å². The minimum Gasteiger partial charge on any atom is -0.465 e. The van der Waals surface area contributed by atoms with Gasteiger partial charge in [0.25, 0.3) is 0 Å². The minimum atomic E-state index is -3.55. The molecule has 0 spiro atoms. The zero-order valence-electron chi connectivity index (χ0n) is 16.6. The number of aryl methyl sites for hydroxylation is 2. The second-order valence-electron chi connectivity index (χ2n) is 7.19. The number of nitrogens with one attached hydrogen (secondary N) is 1. The van der Waals surface area contributed by atoms with E-state index in [2.05, 4.69) is 5.32 Å². The van der Waals surface area contributed by atoms with Gasteiger partial charge >= 0.3 is 5.97 Å². The van der Waals surface area contributed by atoms with Crippen molar-refractivity contribution in [1.29, 1.82) is 0 Å². The van der Waals surface area contributed by atoms with E-state index in [-0.39, 0.29) is 17.1 Å². The van der Waals surface area contributed by atoms with Crippen LogP contribution < -0.4 is 5.32 Å². The average Bonchev–Trinajstić information content (AvgIpc) is 2.86. The SMILES string of the molecule is COC(=O)c1c(NC(=O)CCS(=O)(=O)c2ccc(C)cc2)sc2c1CCCCC2. The molecule has 0 radical (unpaired) electrons. The maximum Gasteiger partial charge on any atom is 0.341 e. The number of sulfone groups is 1. The molecule has 0 unspecified atom stereocenters. The number of hydrogen-bond acceptors (Lipinski definition) is 6. The first-order valence-corrected chi connectivity index (χ1v) is 12.1. The molecular formula is C21H25NO5S2. The number of benzene rings is 1. The fourth-order valence-corrected chi connectivity index (χ4v) is 5.96. The van der Waals surface area contributed by atoms with Crippen LogP contribution >= 0.6 is 11.3 Å². The molecule has 0 bridgehead atoms. The highest BCUT2D eigenvalue weighted by Gasteiger charge is 2.26. The molecule has 6 nitrogen and oxygen atoms in total. The third kappa shape index (κ3) is 5.05. The molecule has 1 aromatic carbocycles. The van der Waals surface area contributed by atoms with Gasteiger partial charge in [-0.3, -0.25) is 4.79 Å². The molecule has 2 aromatic rings. The summed E-state index contributed by atoms with van der Waals surface area (Å²) < 4.78 is 29.9. The first-order chi connectivity index (χ1) is 13.8. The van der Waals surface area contributed by atoms with Crippen LogP contribution in [-0.4, -0.2) is 33.2 Å². The highest BCUT2D eigenvalue weighted by molar-refractivity contribution is 7.91. The summed E-state index contributed by atoms with van der Waals surface area (Å²) in [7, 11) is -2.23. The maximum atomic E-state index is 12.5. The number of amides is 1. The third-order valence-electron chi connectivity index (χ3n) is 5.04.